The monoisotopic (exact) mass is 257 g/mol. The molecule has 3 rings (SSSR count). The van der Waals surface area contributed by atoms with Crippen molar-refractivity contribution in [3.63, 3.8) is 0 Å². The highest BCUT2D eigenvalue weighted by Gasteiger charge is 2.17. The zero-order valence-electron chi connectivity index (χ0n) is 11.5. The molecule has 0 amide bonds. The fourth-order valence-corrected chi connectivity index (χ4v) is 2.50. The Morgan fingerprint density at radius 3 is 2.53 bits per heavy atom. The third kappa shape index (κ3) is 2.45. The van der Waals surface area contributed by atoms with E-state index >= 15 is 0 Å². The second kappa shape index (κ2) is 4.99. The van der Waals surface area contributed by atoms with Crippen LogP contribution in [-0.4, -0.2) is 32.6 Å². The van der Waals surface area contributed by atoms with Crippen LogP contribution in [0.4, 0.5) is 5.82 Å². The van der Waals surface area contributed by atoms with E-state index in [1.165, 1.54) is 12.8 Å². The highest BCUT2D eigenvalue weighted by atomic mass is 15.2. The van der Waals surface area contributed by atoms with E-state index in [1.807, 2.05) is 23.8 Å². The van der Waals surface area contributed by atoms with E-state index in [4.69, 9.17) is 0 Å². The van der Waals surface area contributed by atoms with Crippen molar-refractivity contribution in [2.24, 2.45) is 5.92 Å². The molecule has 1 fully saturated rings. The summed E-state index contributed by atoms with van der Waals surface area (Å²) in [6.07, 6.45) is 7.84. The van der Waals surface area contributed by atoms with Gasteiger partial charge in [0.15, 0.2) is 0 Å². The van der Waals surface area contributed by atoms with E-state index in [1.54, 1.807) is 12.5 Å². The minimum Gasteiger partial charge on any atom is -0.356 e. The molecule has 0 aromatic carbocycles. The molecule has 0 saturated carbocycles. The van der Waals surface area contributed by atoms with Crippen molar-refractivity contribution in [3.8, 4) is 5.82 Å². The Kier molecular flexibility index (Phi) is 3.19. The van der Waals surface area contributed by atoms with E-state index < -0.39 is 0 Å². The maximum atomic E-state index is 4.41. The van der Waals surface area contributed by atoms with Crippen LogP contribution in [-0.2, 0) is 0 Å². The summed E-state index contributed by atoms with van der Waals surface area (Å²) in [5.41, 5.74) is 0. The van der Waals surface area contributed by atoms with Crippen molar-refractivity contribution in [3.05, 3.63) is 30.6 Å². The Labute approximate surface area is 113 Å². The van der Waals surface area contributed by atoms with Gasteiger partial charge in [-0.1, -0.05) is 6.92 Å². The molecule has 1 aliphatic rings. The molecule has 2 aromatic heterocycles. The Morgan fingerprint density at radius 1 is 1.11 bits per heavy atom. The Balaban J connectivity index is 1.86. The molecule has 3 heterocycles. The molecule has 2 aromatic rings. The van der Waals surface area contributed by atoms with E-state index in [9.17, 15) is 0 Å². The maximum Gasteiger partial charge on any atom is 0.143 e. The standard InChI is InChI=1S/C14H19N5/c1-11-3-6-18(7-4-11)13-9-14(17-10-16-13)19-8-5-15-12(19)2/h5,8-11H,3-4,6-7H2,1-2H3. The lowest BCUT2D eigenvalue weighted by atomic mass is 9.99. The van der Waals surface area contributed by atoms with E-state index in [2.05, 4.69) is 26.8 Å². The number of rotatable bonds is 2. The van der Waals surface area contributed by atoms with Crippen LogP contribution in [0.25, 0.3) is 5.82 Å². The highest BCUT2D eigenvalue weighted by Crippen LogP contribution is 2.22. The molecule has 0 atom stereocenters. The van der Waals surface area contributed by atoms with Gasteiger partial charge in [0.2, 0.25) is 0 Å². The van der Waals surface area contributed by atoms with Crippen molar-refractivity contribution in [1.82, 2.24) is 19.5 Å². The molecule has 5 nitrogen and oxygen atoms in total. The number of imidazole rings is 1. The molecule has 1 saturated heterocycles. The summed E-state index contributed by atoms with van der Waals surface area (Å²) in [4.78, 5) is 15.3. The maximum absolute atomic E-state index is 4.41. The van der Waals surface area contributed by atoms with Crippen LogP contribution in [0.2, 0.25) is 0 Å². The van der Waals surface area contributed by atoms with Gasteiger partial charge in [-0.2, -0.15) is 0 Å². The van der Waals surface area contributed by atoms with E-state index in [0.717, 1.165) is 36.5 Å². The molecule has 0 unspecified atom stereocenters. The second-order valence-corrected chi connectivity index (χ2v) is 5.25. The largest absolute Gasteiger partial charge is 0.356 e. The van der Waals surface area contributed by atoms with Gasteiger partial charge < -0.3 is 4.90 Å². The number of aromatic nitrogens is 4. The third-order valence-corrected chi connectivity index (χ3v) is 3.82. The molecular formula is C14H19N5. The van der Waals surface area contributed by atoms with Crippen LogP contribution in [0.5, 0.6) is 0 Å². The molecule has 0 aliphatic carbocycles. The van der Waals surface area contributed by atoms with Gasteiger partial charge in [0.1, 0.15) is 23.8 Å². The molecule has 0 spiro atoms. The molecule has 0 N–H and O–H groups in total. The van der Waals surface area contributed by atoms with Crippen molar-refractivity contribution < 1.29 is 0 Å². The van der Waals surface area contributed by atoms with Crippen molar-refractivity contribution >= 4 is 5.82 Å². The number of nitrogens with zero attached hydrogens (tertiary/aromatic N) is 5. The summed E-state index contributed by atoms with van der Waals surface area (Å²) < 4.78 is 1.98. The molecule has 5 heteroatoms. The lowest BCUT2D eigenvalue weighted by Crippen LogP contribution is -2.33. The zero-order chi connectivity index (χ0) is 13.2. The minimum absolute atomic E-state index is 0.827. The number of hydrogen-bond donors (Lipinski definition) is 0. The number of anilines is 1. The van der Waals surface area contributed by atoms with Crippen molar-refractivity contribution in [2.45, 2.75) is 26.7 Å². The Bertz CT molecular complexity index is 554. The van der Waals surface area contributed by atoms with Gasteiger partial charge in [0.05, 0.1) is 0 Å². The summed E-state index contributed by atoms with van der Waals surface area (Å²) in [5, 5.41) is 0. The normalized spacial score (nSPS) is 16.8. The SMILES string of the molecule is Cc1nccn1-c1cc(N2CCC(C)CC2)ncn1. The first-order chi connectivity index (χ1) is 9.24. The molecular weight excluding hydrogens is 238 g/mol. The number of aryl methyl sites for hydroxylation is 1. The zero-order valence-corrected chi connectivity index (χ0v) is 11.5. The van der Waals surface area contributed by atoms with E-state index in [-0.39, 0.29) is 0 Å². The highest BCUT2D eigenvalue weighted by molar-refractivity contribution is 5.44. The molecule has 1 aliphatic heterocycles. The quantitative estimate of drug-likeness (QED) is 0.827. The molecule has 100 valence electrons. The summed E-state index contributed by atoms with van der Waals surface area (Å²) in [7, 11) is 0. The van der Waals surface area contributed by atoms with Crippen LogP contribution in [0.1, 0.15) is 25.6 Å². The predicted octanol–water partition coefficient (Wildman–Crippen LogP) is 2.21. The van der Waals surface area contributed by atoms with Gasteiger partial charge in [0.25, 0.3) is 0 Å². The van der Waals surface area contributed by atoms with Gasteiger partial charge in [-0.25, -0.2) is 15.0 Å². The Morgan fingerprint density at radius 2 is 1.84 bits per heavy atom. The third-order valence-electron chi connectivity index (χ3n) is 3.82. The van der Waals surface area contributed by atoms with Crippen LogP contribution in [0.3, 0.4) is 0 Å². The van der Waals surface area contributed by atoms with Crippen LogP contribution in [0.15, 0.2) is 24.8 Å². The first kappa shape index (κ1) is 12.1. The lowest BCUT2D eigenvalue weighted by Gasteiger charge is -2.31. The summed E-state index contributed by atoms with van der Waals surface area (Å²) in [5.74, 6) is 3.67. The van der Waals surface area contributed by atoms with E-state index in [0.29, 0.717) is 0 Å². The Hall–Kier alpha value is -1.91. The summed E-state index contributed by atoms with van der Waals surface area (Å²) >= 11 is 0. The van der Waals surface area contributed by atoms with Gasteiger partial charge in [-0.3, -0.25) is 4.57 Å². The molecule has 0 bridgehead atoms. The fourth-order valence-electron chi connectivity index (χ4n) is 2.50. The van der Waals surface area contributed by atoms with Gasteiger partial charge in [0, 0.05) is 31.5 Å². The lowest BCUT2D eigenvalue weighted by molar-refractivity contribution is 0.436. The molecule has 19 heavy (non-hydrogen) atoms. The van der Waals surface area contributed by atoms with Crippen molar-refractivity contribution in [2.75, 3.05) is 18.0 Å². The number of hydrogen-bond acceptors (Lipinski definition) is 4. The van der Waals surface area contributed by atoms with Gasteiger partial charge in [-0.15, -0.1) is 0 Å². The van der Waals surface area contributed by atoms with Crippen molar-refractivity contribution in [1.29, 1.82) is 0 Å². The van der Waals surface area contributed by atoms with Gasteiger partial charge >= 0.3 is 0 Å². The molecule has 0 radical (unpaired) electrons. The predicted molar refractivity (Wildman–Crippen MR) is 74.5 cm³/mol. The summed E-state index contributed by atoms with van der Waals surface area (Å²) in [6, 6.07) is 2.05. The fraction of sp³-hybridized carbons (Fsp3) is 0.500. The smallest absolute Gasteiger partial charge is 0.143 e. The van der Waals surface area contributed by atoms with Crippen LogP contribution < -0.4 is 4.90 Å². The summed E-state index contributed by atoms with van der Waals surface area (Å²) in [6.45, 7) is 6.46. The first-order valence-electron chi connectivity index (χ1n) is 6.81. The minimum atomic E-state index is 0.827. The van der Waals surface area contributed by atoms with Gasteiger partial charge in [-0.05, 0) is 25.7 Å². The first-order valence-corrected chi connectivity index (χ1v) is 6.81. The number of piperidine rings is 1. The average Bonchev–Trinajstić information content (AvgIpc) is 2.86. The van der Waals surface area contributed by atoms with Crippen LogP contribution >= 0.6 is 0 Å². The average molecular weight is 257 g/mol. The second-order valence-electron chi connectivity index (χ2n) is 5.25. The topological polar surface area (TPSA) is 46.8 Å². The van der Waals surface area contributed by atoms with Crippen LogP contribution in [0, 0.1) is 12.8 Å².